The van der Waals surface area contributed by atoms with Crippen LogP contribution in [0.4, 0.5) is 39.0 Å². The summed E-state index contributed by atoms with van der Waals surface area (Å²) in [6, 6.07) is 5.77. The van der Waals surface area contributed by atoms with Crippen LogP contribution in [0.5, 0.6) is 5.75 Å². The Hall–Kier alpha value is -3.81. The van der Waals surface area contributed by atoms with Crippen molar-refractivity contribution in [2.75, 3.05) is 49.3 Å². The van der Waals surface area contributed by atoms with E-state index in [1.807, 2.05) is 0 Å². The summed E-state index contributed by atoms with van der Waals surface area (Å²) in [4.78, 5) is 28.6. The van der Waals surface area contributed by atoms with Crippen molar-refractivity contribution in [2.45, 2.75) is 31.9 Å². The van der Waals surface area contributed by atoms with Crippen LogP contribution in [-0.4, -0.2) is 69.7 Å². The summed E-state index contributed by atoms with van der Waals surface area (Å²) in [7, 11) is 3.55. The molecule has 14 heteroatoms. The molecule has 3 heterocycles. The van der Waals surface area contributed by atoms with E-state index in [0.717, 1.165) is 32.1 Å². The highest BCUT2D eigenvalue weighted by molar-refractivity contribution is 6.30. The Bertz CT molecular complexity index is 1450. The van der Waals surface area contributed by atoms with Crippen molar-refractivity contribution in [1.82, 2.24) is 19.9 Å². The molecule has 2 aromatic carbocycles. The predicted molar refractivity (Wildman–Crippen MR) is 149 cm³/mol. The molecule has 40 heavy (non-hydrogen) atoms. The molecule has 2 aliphatic heterocycles. The van der Waals surface area contributed by atoms with Gasteiger partial charge in [-0.05, 0) is 45.4 Å². The molecule has 2 fully saturated rings. The van der Waals surface area contributed by atoms with E-state index in [1.165, 1.54) is 39.4 Å². The number of rotatable bonds is 8. The molecular formula is C26H30ClFN8O4. The monoisotopic (exact) mass is 572 g/mol. The first kappa shape index (κ1) is 27.7. The first-order valence-corrected chi connectivity index (χ1v) is 13.1. The summed E-state index contributed by atoms with van der Waals surface area (Å²) in [6.07, 6.45) is 2.20. The van der Waals surface area contributed by atoms with Gasteiger partial charge in [0.05, 0.1) is 28.3 Å². The second-order valence-electron chi connectivity index (χ2n) is 10.6. The van der Waals surface area contributed by atoms with Gasteiger partial charge in [0.2, 0.25) is 11.9 Å². The molecular weight excluding hydrogens is 543 g/mol. The number of fused-ring (bicyclic) bond motifs is 1. The largest absolute Gasteiger partial charge is 0.494 e. The maximum atomic E-state index is 14.2. The van der Waals surface area contributed by atoms with Crippen LogP contribution in [-0.2, 0) is 5.60 Å². The van der Waals surface area contributed by atoms with Crippen molar-refractivity contribution in [3.8, 4) is 5.75 Å². The summed E-state index contributed by atoms with van der Waals surface area (Å²) >= 11 is 5.93. The van der Waals surface area contributed by atoms with Crippen molar-refractivity contribution >= 4 is 46.2 Å². The number of anilines is 5. The lowest BCUT2D eigenvalue weighted by Crippen LogP contribution is -2.34. The molecule has 0 bridgehead atoms. The number of ether oxygens (including phenoxy) is 1. The highest BCUT2D eigenvalue weighted by atomic mass is 35.5. The number of aromatic nitrogens is 3. The molecule has 2 atom stereocenters. The summed E-state index contributed by atoms with van der Waals surface area (Å²) in [5.41, 5.74) is -0.0473. The van der Waals surface area contributed by atoms with E-state index in [2.05, 4.69) is 42.4 Å². The number of methoxy groups -OCH3 is 1. The number of hydrogen-bond acceptors (Lipinski definition) is 11. The number of aliphatic hydroxyl groups is 1. The van der Waals surface area contributed by atoms with Gasteiger partial charge in [-0.3, -0.25) is 10.1 Å². The van der Waals surface area contributed by atoms with Crippen LogP contribution in [0.3, 0.4) is 0 Å². The molecule has 2 saturated heterocycles. The Morgan fingerprint density at radius 3 is 2.52 bits per heavy atom. The third-order valence-corrected chi connectivity index (χ3v) is 7.61. The Kier molecular flexibility index (Phi) is 7.38. The number of likely N-dealkylation sites (N-methyl/N-ethyl adjacent to an activating group) is 1. The van der Waals surface area contributed by atoms with E-state index in [-0.39, 0.29) is 34.3 Å². The number of likely N-dealkylation sites (tertiary alicyclic amines) is 1. The normalized spacial score (nSPS) is 19.0. The second-order valence-corrected chi connectivity index (χ2v) is 11.0. The van der Waals surface area contributed by atoms with E-state index in [9.17, 15) is 19.6 Å². The van der Waals surface area contributed by atoms with Gasteiger partial charge in [0, 0.05) is 49.1 Å². The van der Waals surface area contributed by atoms with Gasteiger partial charge in [0.15, 0.2) is 0 Å². The Labute approximate surface area is 235 Å². The molecule has 0 amide bonds. The third-order valence-electron chi connectivity index (χ3n) is 7.32. The Morgan fingerprint density at radius 1 is 1.18 bits per heavy atom. The molecule has 3 N–H and O–H groups in total. The van der Waals surface area contributed by atoms with Crippen molar-refractivity contribution in [3.05, 3.63) is 57.1 Å². The van der Waals surface area contributed by atoms with Crippen LogP contribution in [0, 0.1) is 21.8 Å². The van der Waals surface area contributed by atoms with Crippen LogP contribution in [0.25, 0.3) is 0 Å². The van der Waals surface area contributed by atoms with Gasteiger partial charge in [-0.1, -0.05) is 11.6 Å². The van der Waals surface area contributed by atoms with Gasteiger partial charge in [-0.25, -0.2) is 14.4 Å². The lowest BCUT2D eigenvalue weighted by atomic mass is 9.96. The first-order valence-electron chi connectivity index (χ1n) is 12.7. The summed E-state index contributed by atoms with van der Waals surface area (Å²) < 4.78 is 19.8. The van der Waals surface area contributed by atoms with Crippen LogP contribution in [0.15, 0.2) is 30.6 Å². The fourth-order valence-corrected chi connectivity index (χ4v) is 5.65. The average molecular weight is 573 g/mol. The minimum atomic E-state index is -1.34. The standard InChI is InChI=1S/C26H30ClFN8O4/c1-26(2,37)15-7-16(27)17(28)8-18(15)31-24-29-13-30-25(33-24)32-19-9-21(36(38)39)20(10-23(19)40-4)35-6-5-14-11-34(3)12-22(14)35/h7-10,13-14,22,37H,5-6,11-12H2,1-4H3,(H2,29,30,31,32,33)/t14-,22+/m1/s1. The van der Waals surface area contributed by atoms with Gasteiger partial charge in [0.1, 0.15) is 23.6 Å². The number of benzene rings is 2. The van der Waals surface area contributed by atoms with Crippen LogP contribution in [0.1, 0.15) is 25.8 Å². The highest BCUT2D eigenvalue weighted by Crippen LogP contribution is 2.44. The number of hydrogen-bond donors (Lipinski definition) is 3. The second kappa shape index (κ2) is 10.6. The van der Waals surface area contributed by atoms with E-state index < -0.39 is 16.3 Å². The zero-order valence-electron chi connectivity index (χ0n) is 22.5. The number of nitrogens with one attached hydrogen (secondary N) is 2. The number of nitrogens with zero attached hydrogens (tertiary/aromatic N) is 6. The highest BCUT2D eigenvalue weighted by Gasteiger charge is 2.42. The fraction of sp³-hybridized carbons (Fsp3) is 0.423. The SMILES string of the molecule is COc1cc(N2CC[C@@H]3CN(C)C[C@@H]32)c([N+](=O)[O-])cc1Nc1ncnc(Nc2cc(F)c(Cl)cc2C(C)(C)O)n1. The van der Waals surface area contributed by atoms with Gasteiger partial charge < -0.3 is 30.3 Å². The maximum absolute atomic E-state index is 14.2. The lowest BCUT2D eigenvalue weighted by molar-refractivity contribution is -0.384. The summed E-state index contributed by atoms with van der Waals surface area (Å²) in [5.74, 6) is 0.277. The van der Waals surface area contributed by atoms with Crippen LogP contribution in [0.2, 0.25) is 5.02 Å². The van der Waals surface area contributed by atoms with E-state index >= 15 is 0 Å². The molecule has 0 spiro atoms. The van der Waals surface area contributed by atoms with Crippen molar-refractivity contribution in [1.29, 1.82) is 0 Å². The van der Waals surface area contributed by atoms with Gasteiger partial charge >= 0.3 is 0 Å². The van der Waals surface area contributed by atoms with E-state index in [1.54, 1.807) is 6.07 Å². The molecule has 5 rings (SSSR count). The number of nitro groups is 1. The quantitative estimate of drug-likeness (QED) is 0.260. The Morgan fingerprint density at radius 2 is 1.88 bits per heavy atom. The number of nitro benzene ring substituents is 1. The topological polar surface area (TPSA) is 142 Å². The molecule has 12 nitrogen and oxygen atoms in total. The van der Waals surface area contributed by atoms with Crippen molar-refractivity contribution < 1.29 is 19.2 Å². The first-order chi connectivity index (χ1) is 18.9. The molecule has 2 aliphatic rings. The molecule has 0 aliphatic carbocycles. The smallest absolute Gasteiger partial charge is 0.294 e. The molecule has 0 unspecified atom stereocenters. The zero-order valence-corrected chi connectivity index (χ0v) is 23.2. The minimum Gasteiger partial charge on any atom is -0.494 e. The molecule has 1 aromatic heterocycles. The van der Waals surface area contributed by atoms with Gasteiger partial charge in [-0.2, -0.15) is 4.98 Å². The Balaban J connectivity index is 1.45. The number of halogens is 2. The van der Waals surface area contributed by atoms with E-state index in [0.29, 0.717) is 28.6 Å². The summed E-state index contributed by atoms with van der Waals surface area (Å²) in [5, 5.41) is 28.4. The van der Waals surface area contributed by atoms with Gasteiger partial charge in [-0.15, -0.1) is 0 Å². The molecule has 0 saturated carbocycles. The van der Waals surface area contributed by atoms with Crippen molar-refractivity contribution in [2.24, 2.45) is 5.92 Å². The predicted octanol–water partition coefficient (Wildman–Crippen LogP) is 4.44. The van der Waals surface area contributed by atoms with E-state index in [4.69, 9.17) is 16.3 Å². The summed E-state index contributed by atoms with van der Waals surface area (Å²) in [6.45, 7) is 5.63. The average Bonchev–Trinajstić information content (AvgIpc) is 3.44. The zero-order chi connectivity index (χ0) is 28.8. The molecule has 0 radical (unpaired) electrons. The molecule has 212 valence electrons. The fourth-order valence-electron chi connectivity index (χ4n) is 5.49. The van der Waals surface area contributed by atoms with Crippen molar-refractivity contribution in [3.63, 3.8) is 0 Å². The van der Waals surface area contributed by atoms with Crippen LogP contribution < -0.4 is 20.3 Å². The maximum Gasteiger partial charge on any atom is 0.294 e. The minimum absolute atomic E-state index is 0.0447. The lowest BCUT2D eigenvalue weighted by Gasteiger charge is -2.27. The third kappa shape index (κ3) is 5.44. The van der Waals surface area contributed by atoms with Crippen LogP contribution >= 0.6 is 11.6 Å². The van der Waals surface area contributed by atoms with Gasteiger partial charge in [0.25, 0.3) is 5.69 Å². The molecule has 3 aromatic rings.